The zero-order chi connectivity index (χ0) is 9.38. The highest BCUT2D eigenvalue weighted by atomic mass is 32.2. The number of hydrogen-bond acceptors (Lipinski definition) is 5. The maximum atomic E-state index is 4.08. The van der Waals surface area contributed by atoms with E-state index in [0.717, 1.165) is 18.2 Å². The molecule has 6 heteroatoms. The van der Waals surface area contributed by atoms with Gasteiger partial charge >= 0.3 is 0 Å². The minimum atomic E-state index is 0.585. The lowest BCUT2D eigenvalue weighted by atomic mass is 10.4. The van der Waals surface area contributed by atoms with Crippen molar-refractivity contribution >= 4 is 11.8 Å². The molecule has 76 valence electrons. The molecule has 0 aromatic carbocycles. The van der Waals surface area contributed by atoms with Crippen molar-refractivity contribution in [1.82, 2.24) is 25.5 Å². The topological polar surface area (TPSA) is 55.6 Å². The van der Waals surface area contributed by atoms with Crippen LogP contribution in [-0.2, 0) is 0 Å². The summed E-state index contributed by atoms with van der Waals surface area (Å²) in [5, 5.41) is 16.9. The SMILES string of the molecule is C1CC(Sc2nnnn2C2CC2)CN1. The Kier molecular flexibility index (Phi) is 2.17. The van der Waals surface area contributed by atoms with E-state index in [-0.39, 0.29) is 0 Å². The van der Waals surface area contributed by atoms with Gasteiger partial charge in [-0.2, -0.15) is 0 Å². The van der Waals surface area contributed by atoms with Crippen molar-refractivity contribution in [3.8, 4) is 0 Å². The van der Waals surface area contributed by atoms with E-state index in [1.165, 1.54) is 19.3 Å². The molecule has 1 unspecified atom stereocenters. The molecule has 0 radical (unpaired) electrons. The van der Waals surface area contributed by atoms with Gasteiger partial charge < -0.3 is 5.32 Å². The van der Waals surface area contributed by atoms with Crippen molar-refractivity contribution in [2.24, 2.45) is 0 Å². The predicted octanol–water partition coefficient (Wildman–Crippen LogP) is 0.462. The molecule has 1 aromatic heterocycles. The molecular weight excluding hydrogens is 198 g/mol. The van der Waals surface area contributed by atoms with E-state index >= 15 is 0 Å². The third-order valence-electron chi connectivity index (χ3n) is 2.64. The van der Waals surface area contributed by atoms with Crippen LogP contribution in [0.1, 0.15) is 25.3 Å². The average Bonchev–Trinajstić information content (AvgIpc) is 2.74. The Morgan fingerprint density at radius 3 is 3.00 bits per heavy atom. The van der Waals surface area contributed by atoms with Gasteiger partial charge in [0.05, 0.1) is 6.04 Å². The first-order chi connectivity index (χ1) is 6.93. The van der Waals surface area contributed by atoms with Crippen LogP contribution in [0, 0.1) is 0 Å². The first kappa shape index (κ1) is 8.67. The van der Waals surface area contributed by atoms with E-state index < -0.39 is 0 Å². The first-order valence-corrected chi connectivity index (χ1v) is 5.96. The zero-order valence-electron chi connectivity index (χ0n) is 7.89. The van der Waals surface area contributed by atoms with Crippen LogP contribution in [0.4, 0.5) is 0 Å². The summed E-state index contributed by atoms with van der Waals surface area (Å²) in [6.07, 6.45) is 3.70. The number of nitrogens with zero attached hydrogens (tertiary/aromatic N) is 4. The molecule has 1 aliphatic carbocycles. The number of aromatic nitrogens is 4. The summed E-state index contributed by atoms with van der Waals surface area (Å²) < 4.78 is 1.99. The van der Waals surface area contributed by atoms with Gasteiger partial charge in [-0.3, -0.25) is 0 Å². The van der Waals surface area contributed by atoms with Gasteiger partial charge in [0, 0.05) is 11.8 Å². The summed E-state index contributed by atoms with van der Waals surface area (Å²) >= 11 is 1.82. The third kappa shape index (κ3) is 1.64. The second-order valence-electron chi connectivity index (χ2n) is 3.87. The second kappa shape index (κ2) is 3.51. The molecule has 0 amide bonds. The summed E-state index contributed by atoms with van der Waals surface area (Å²) in [4.78, 5) is 0. The van der Waals surface area contributed by atoms with Gasteiger partial charge in [-0.05, 0) is 36.2 Å². The Morgan fingerprint density at radius 1 is 1.36 bits per heavy atom. The number of nitrogens with one attached hydrogen (secondary N) is 1. The summed E-state index contributed by atoms with van der Waals surface area (Å²) in [7, 11) is 0. The van der Waals surface area contributed by atoms with E-state index in [9.17, 15) is 0 Å². The Labute approximate surface area is 86.6 Å². The van der Waals surface area contributed by atoms with Crippen molar-refractivity contribution in [1.29, 1.82) is 0 Å². The molecular formula is C8H13N5S. The first-order valence-electron chi connectivity index (χ1n) is 5.09. The molecule has 1 N–H and O–H groups in total. The van der Waals surface area contributed by atoms with Gasteiger partial charge in [-0.1, -0.05) is 11.8 Å². The molecule has 1 aromatic rings. The van der Waals surface area contributed by atoms with Crippen molar-refractivity contribution in [2.45, 2.75) is 35.7 Å². The van der Waals surface area contributed by atoms with Crippen molar-refractivity contribution in [2.75, 3.05) is 13.1 Å². The molecule has 14 heavy (non-hydrogen) atoms. The van der Waals surface area contributed by atoms with Gasteiger partial charge in [0.2, 0.25) is 5.16 Å². The summed E-state index contributed by atoms with van der Waals surface area (Å²) in [6, 6.07) is 0.585. The lowest BCUT2D eigenvalue weighted by Crippen LogP contribution is -2.11. The molecule has 2 heterocycles. The number of hydrogen-bond donors (Lipinski definition) is 1. The normalized spacial score (nSPS) is 27.0. The van der Waals surface area contributed by atoms with Crippen molar-refractivity contribution in [3.63, 3.8) is 0 Å². The fourth-order valence-electron chi connectivity index (χ4n) is 1.69. The van der Waals surface area contributed by atoms with E-state index in [4.69, 9.17) is 0 Å². The van der Waals surface area contributed by atoms with Crippen LogP contribution in [0.25, 0.3) is 0 Å². The molecule has 1 atom stereocenters. The monoisotopic (exact) mass is 211 g/mol. The van der Waals surface area contributed by atoms with Gasteiger partial charge in [0.15, 0.2) is 0 Å². The molecule has 1 saturated carbocycles. The molecule has 3 rings (SSSR count). The molecule has 0 spiro atoms. The van der Waals surface area contributed by atoms with E-state index in [0.29, 0.717) is 11.3 Å². The Hall–Kier alpha value is -0.620. The van der Waals surface area contributed by atoms with Crippen LogP contribution >= 0.6 is 11.8 Å². The van der Waals surface area contributed by atoms with Gasteiger partial charge in [0.1, 0.15) is 0 Å². The molecule has 2 fully saturated rings. The minimum Gasteiger partial charge on any atom is -0.316 e. The van der Waals surface area contributed by atoms with Gasteiger partial charge in [0.25, 0.3) is 0 Å². The predicted molar refractivity (Wildman–Crippen MR) is 53.2 cm³/mol. The summed E-state index contributed by atoms with van der Waals surface area (Å²) in [5.41, 5.74) is 0. The molecule has 0 bridgehead atoms. The largest absolute Gasteiger partial charge is 0.316 e. The zero-order valence-corrected chi connectivity index (χ0v) is 8.70. The van der Waals surface area contributed by atoms with Crippen LogP contribution < -0.4 is 5.32 Å². The Morgan fingerprint density at radius 2 is 2.29 bits per heavy atom. The van der Waals surface area contributed by atoms with E-state index in [1.54, 1.807) is 0 Å². The summed E-state index contributed by atoms with van der Waals surface area (Å²) in [6.45, 7) is 2.21. The fraction of sp³-hybridized carbons (Fsp3) is 0.875. The second-order valence-corrected chi connectivity index (χ2v) is 5.14. The van der Waals surface area contributed by atoms with E-state index in [2.05, 4.69) is 20.8 Å². The quantitative estimate of drug-likeness (QED) is 0.787. The standard InChI is InChI=1S/C8H13N5S/c1-2-6(1)13-8(10-11-12-13)14-7-3-4-9-5-7/h6-7,9H,1-5H2. The number of rotatable bonds is 3. The highest BCUT2D eigenvalue weighted by Gasteiger charge is 2.29. The smallest absolute Gasteiger partial charge is 0.209 e. The van der Waals surface area contributed by atoms with Crippen LogP contribution in [0.2, 0.25) is 0 Å². The Balaban J connectivity index is 1.71. The Bertz CT molecular complexity index is 315. The van der Waals surface area contributed by atoms with Crippen LogP contribution in [0.3, 0.4) is 0 Å². The molecule has 1 aliphatic heterocycles. The fourth-order valence-corrected chi connectivity index (χ4v) is 2.80. The number of tetrazole rings is 1. The maximum absolute atomic E-state index is 4.08. The third-order valence-corrected chi connectivity index (χ3v) is 3.86. The van der Waals surface area contributed by atoms with Crippen LogP contribution in [0.5, 0.6) is 0 Å². The minimum absolute atomic E-state index is 0.585. The van der Waals surface area contributed by atoms with Crippen molar-refractivity contribution in [3.05, 3.63) is 0 Å². The van der Waals surface area contributed by atoms with Gasteiger partial charge in [-0.25, -0.2) is 4.68 Å². The highest BCUT2D eigenvalue weighted by Crippen LogP contribution is 2.37. The van der Waals surface area contributed by atoms with E-state index in [1.807, 2.05) is 16.4 Å². The summed E-state index contributed by atoms with van der Waals surface area (Å²) in [5.74, 6) is 0. The average molecular weight is 211 g/mol. The lowest BCUT2D eigenvalue weighted by Gasteiger charge is -2.06. The highest BCUT2D eigenvalue weighted by molar-refractivity contribution is 7.99. The number of thioether (sulfide) groups is 1. The van der Waals surface area contributed by atoms with Crippen molar-refractivity contribution < 1.29 is 0 Å². The van der Waals surface area contributed by atoms with Gasteiger partial charge in [-0.15, -0.1) is 5.10 Å². The molecule has 5 nitrogen and oxygen atoms in total. The van der Waals surface area contributed by atoms with Crippen LogP contribution in [0.15, 0.2) is 5.16 Å². The molecule has 1 saturated heterocycles. The molecule has 2 aliphatic rings. The maximum Gasteiger partial charge on any atom is 0.209 e. The van der Waals surface area contributed by atoms with Crippen LogP contribution in [-0.4, -0.2) is 38.5 Å². The lowest BCUT2D eigenvalue weighted by molar-refractivity contribution is 0.564.